The van der Waals surface area contributed by atoms with Crippen LogP contribution in [0.25, 0.3) is 0 Å². The highest BCUT2D eigenvalue weighted by Gasteiger charge is 2.06. The molecule has 0 saturated heterocycles. The Morgan fingerprint density at radius 3 is 2.42 bits per heavy atom. The molecule has 5 nitrogen and oxygen atoms in total. The van der Waals surface area contributed by atoms with Gasteiger partial charge < -0.3 is 16.8 Å². The average molecular weight is 170 g/mol. The van der Waals surface area contributed by atoms with E-state index in [0.717, 1.165) is 6.34 Å². The number of nitrogens with two attached hydrogens (primary N) is 2. The summed E-state index contributed by atoms with van der Waals surface area (Å²) in [5.41, 5.74) is 10.2. The monoisotopic (exact) mass is 170 g/mol. The molecular formula is C7H14N4O. The molecule has 0 aliphatic carbocycles. The number of hydrogen-bond acceptors (Lipinski definition) is 3. The number of amides is 1. The molecule has 0 aromatic rings. The zero-order chi connectivity index (χ0) is 9.56. The number of aliphatic imine (C=N–C) groups is 1. The third-order valence-corrected chi connectivity index (χ3v) is 1.15. The first-order chi connectivity index (χ1) is 5.61. The number of rotatable bonds is 3. The van der Waals surface area contributed by atoms with Gasteiger partial charge in [0.15, 0.2) is 0 Å². The highest BCUT2D eigenvalue weighted by atomic mass is 16.1. The summed E-state index contributed by atoms with van der Waals surface area (Å²) < 4.78 is 0. The second kappa shape index (κ2) is 5.17. The van der Waals surface area contributed by atoms with Gasteiger partial charge >= 0.3 is 0 Å². The Labute approximate surface area is 71.5 Å². The molecule has 0 saturated carbocycles. The zero-order valence-electron chi connectivity index (χ0n) is 7.24. The van der Waals surface area contributed by atoms with Crippen molar-refractivity contribution in [3.05, 3.63) is 12.0 Å². The number of hydrogen-bond donors (Lipinski definition) is 3. The van der Waals surface area contributed by atoms with Gasteiger partial charge in [-0.3, -0.25) is 4.79 Å². The largest absolute Gasteiger partial charge is 0.402 e. The molecule has 0 aromatic carbocycles. The van der Waals surface area contributed by atoms with Crippen LogP contribution in [0.2, 0.25) is 0 Å². The standard InChI is InChI=1S/C7H14N4O/c1-5(2)7(12)11-6(3-8)10-4-9/h3-5H,8H2,1-2H3,(H2,9,10)(H,11,12)/b6-3+. The lowest BCUT2D eigenvalue weighted by molar-refractivity contribution is -0.123. The Morgan fingerprint density at radius 2 is 2.08 bits per heavy atom. The minimum atomic E-state index is -0.141. The van der Waals surface area contributed by atoms with Crippen LogP contribution in [0.4, 0.5) is 0 Å². The van der Waals surface area contributed by atoms with E-state index in [9.17, 15) is 4.79 Å². The van der Waals surface area contributed by atoms with E-state index in [-0.39, 0.29) is 17.6 Å². The quantitative estimate of drug-likeness (QED) is 0.394. The molecule has 0 bridgehead atoms. The first-order valence-electron chi connectivity index (χ1n) is 3.58. The molecule has 0 aliphatic rings. The van der Waals surface area contributed by atoms with Gasteiger partial charge in [0.2, 0.25) is 5.91 Å². The Morgan fingerprint density at radius 1 is 1.50 bits per heavy atom. The van der Waals surface area contributed by atoms with Gasteiger partial charge in [-0.1, -0.05) is 13.8 Å². The molecule has 12 heavy (non-hydrogen) atoms. The van der Waals surface area contributed by atoms with Crippen molar-refractivity contribution in [3.63, 3.8) is 0 Å². The smallest absolute Gasteiger partial charge is 0.228 e. The van der Waals surface area contributed by atoms with Gasteiger partial charge in [-0.2, -0.15) is 0 Å². The molecule has 1 amide bonds. The van der Waals surface area contributed by atoms with E-state index in [1.165, 1.54) is 6.20 Å². The van der Waals surface area contributed by atoms with Crippen molar-refractivity contribution >= 4 is 12.2 Å². The van der Waals surface area contributed by atoms with Crippen LogP contribution in [0.15, 0.2) is 17.0 Å². The molecule has 0 unspecified atom stereocenters. The predicted octanol–water partition coefficient (Wildman–Crippen LogP) is -0.497. The summed E-state index contributed by atoms with van der Waals surface area (Å²) in [6.45, 7) is 3.55. The Hall–Kier alpha value is -1.52. The summed E-state index contributed by atoms with van der Waals surface area (Å²) in [6, 6.07) is 0. The van der Waals surface area contributed by atoms with Gasteiger partial charge in [-0.05, 0) is 0 Å². The van der Waals surface area contributed by atoms with E-state index < -0.39 is 0 Å². The van der Waals surface area contributed by atoms with Crippen molar-refractivity contribution in [3.8, 4) is 0 Å². The van der Waals surface area contributed by atoms with Gasteiger partial charge in [0.1, 0.15) is 5.82 Å². The third-order valence-electron chi connectivity index (χ3n) is 1.15. The molecule has 0 radical (unpaired) electrons. The summed E-state index contributed by atoms with van der Waals surface area (Å²) in [7, 11) is 0. The number of carbonyl (C=O) groups is 1. The Kier molecular flexibility index (Phi) is 4.52. The Bertz CT molecular complexity index is 207. The minimum Gasteiger partial charge on any atom is -0.402 e. The van der Waals surface area contributed by atoms with Gasteiger partial charge in [0.05, 0.1) is 6.34 Å². The van der Waals surface area contributed by atoms with Crippen LogP contribution in [0.3, 0.4) is 0 Å². The first-order valence-corrected chi connectivity index (χ1v) is 3.58. The van der Waals surface area contributed by atoms with Crippen LogP contribution in [-0.2, 0) is 4.79 Å². The van der Waals surface area contributed by atoms with Crippen molar-refractivity contribution in [1.82, 2.24) is 5.32 Å². The van der Waals surface area contributed by atoms with Crippen molar-refractivity contribution in [2.45, 2.75) is 13.8 Å². The minimum absolute atomic E-state index is 0.104. The topological polar surface area (TPSA) is 93.5 Å². The van der Waals surface area contributed by atoms with Crippen molar-refractivity contribution < 1.29 is 4.79 Å². The van der Waals surface area contributed by atoms with Gasteiger partial charge in [-0.15, -0.1) is 0 Å². The van der Waals surface area contributed by atoms with Crippen LogP contribution in [-0.4, -0.2) is 12.2 Å². The second-order valence-corrected chi connectivity index (χ2v) is 2.47. The SMILES string of the molecule is CC(C)C(=O)N/C(=C/N)N=CN. The lowest BCUT2D eigenvalue weighted by Gasteiger charge is -2.06. The molecule has 5 heteroatoms. The van der Waals surface area contributed by atoms with Crippen LogP contribution in [0, 0.1) is 5.92 Å². The highest BCUT2D eigenvalue weighted by molar-refractivity contribution is 5.79. The molecule has 0 aliphatic heterocycles. The van der Waals surface area contributed by atoms with E-state index in [4.69, 9.17) is 11.5 Å². The second-order valence-electron chi connectivity index (χ2n) is 2.47. The maximum atomic E-state index is 11.1. The number of nitrogens with zero attached hydrogens (tertiary/aromatic N) is 1. The van der Waals surface area contributed by atoms with Gasteiger partial charge in [0.25, 0.3) is 0 Å². The first kappa shape index (κ1) is 10.5. The zero-order valence-corrected chi connectivity index (χ0v) is 7.24. The molecule has 5 N–H and O–H groups in total. The fraction of sp³-hybridized carbons (Fsp3) is 0.429. The number of nitrogens with one attached hydrogen (secondary N) is 1. The highest BCUT2D eigenvalue weighted by Crippen LogP contribution is 1.94. The maximum absolute atomic E-state index is 11.1. The van der Waals surface area contributed by atoms with Crippen LogP contribution >= 0.6 is 0 Å². The average Bonchev–Trinajstić information content (AvgIpc) is 2.03. The molecule has 0 rings (SSSR count). The summed E-state index contributed by atoms with van der Waals surface area (Å²) >= 11 is 0. The molecule has 0 heterocycles. The maximum Gasteiger partial charge on any atom is 0.228 e. The van der Waals surface area contributed by atoms with Crippen LogP contribution in [0.1, 0.15) is 13.8 Å². The lowest BCUT2D eigenvalue weighted by Crippen LogP contribution is -2.27. The fourth-order valence-corrected chi connectivity index (χ4v) is 0.468. The molecular weight excluding hydrogens is 156 g/mol. The molecule has 68 valence electrons. The van der Waals surface area contributed by atoms with E-state index in [2.05, 4.69) is 10.3 Å². The third kappa shape index (κ3) is 3.60. The van der Waals surface area contributed by atoms with E-state index in [1.807, 2.05) is 0 Å². The molecule has 0 spiro atoms. The van der Waals surface area contributed by atoms with Gasteiger partial charge in [-0.25, -0.2) is 4.99 Å². The van der Waals surface area contributed by atoms with E-state index in [1.54, 1.807) is 13.8 Å². The summed E-state index contributed by atoms with van der Waals surface area (Å²) in [5, 5.41) is 2.49. The normalized spacial score (nSPS) is 12.4. The predicted molar refractivity (Wildman–Crippen MR) is 47.9 cm³/mol. The summed E-state index contributed by atoms with van der Waals surface area (Å²) in [4.78, 5) is 14.7. The van der Waals surface area contributed by atoms with Gasteiger partial charge in [0, 0.05) is 12.1 Å². The van der Waals surface area contributed by atoms with Crippen molar-refractivity contribution in [1.29, 1.82) is 0 Å². The van der Waals surface area contributed by atoms with E-state index in [0.29, 0.717) is 0 Å². The van der Waals surface area contributed by atoms with Crippen molar-refractivity contribution in [2.24, 2.45) is 22.4 Å². The summed E-state index contributed by atoms with van der Waals surface area (Å²) in [6.07, 6.45) is 2.25. The number of carbonyl (C=O) groups excluding carboxylic acids is 1. The molecule has 0 fully saturated rings. The molecule has 0 atom stereocenters. The fourth-order valence-electron chi connectivity index (χ4n) is 0.468. The van der Waals surface area contributed by atoms with Crippen molar-refractivity contribution in [2.75, 3.05) is 0 Å². The van der Waals surface area contributed by atoms with E-state index >= 15 is 0 Å². The van der Waals surface area contributed by atoms with Crippen LogP contribution < -0.4 is 16.8 Å². The van der Waals surface area contributed by atoms with Crippen LogP contribution in [0.5, 0.6) is 0 Å². The lowest BCUT2D eigenvalue weighted by atomic mass is 10.2. The Balaban J connectivity index is 4.14. The molecule has 0 aromatic heterocycles. The summed E-state index contributed by atoms with van der Waals surface area (Å²) in [5.74, 6) is 0.0152.